The first-order chi connectivity index (χ1) is 3.93. The summed E-state index contributed by atoms with van der Waals surface area (Å²) in [7, 11) is 0. The van der Waals surface area contributed by atoms with Crippen molar-refractivity contribution in [3.05, 3.63) is 24.0 Å². The van der Waals surface area contributed by atoms with E-state index in [1.165, 1.54) is 0 Å². The maximum atomic E-state index is 4.87. The van der Waals surface area contributed by atoms with Crippen LogP contribution >= 0.6 is 0 Å². The average Bonchev–Trinajstić information content (AvgIpc) is 2.19. The molecule has 0 unspecified atom stereocenters. The highest BCUT2D eigenvalue weighted by atomic mass is 15.1. The first kappa shape index (κ1) is 4.90. The van der Waals surface area contributed by atoms with E-state index in [4.69, 9.17) is 5.84 Å². The van der Waals surface area contributed by atoms with E-state index in [0.717, 1.165) is 5.69 Å². The fourth-order valence-electron chi connectivity index (χ4n) is 0.505. The van der Waals surface area contributed by atoms with Crippen molar-refractivity contribution in [1.29, 1.82) is 0 Å². The Morgan fingerprint density at radius 1 is 1.75 bits per heavy atom. The molecule has 0 aliphatic carbocycles. The van der Waals surface area contributed by atoms with Crippen LogP contribution in [0.3, 0.4) is 0 Å². The second-order valence-corrected chi connectivity index (χ2v) is 1.40. The molecule has 3 heteroatoms. The summed E-state index contributed by atoms with van der Waals surface area (Å²) >= 11 is 0. The van der Waals surface area contributed by atoms with E-state index in [-0.39, 0.29) is 0 Å². The highest BCUT2D eigenvalue weighted by Gasteiger charge is 1.80. The molecular formula is C5H7N3. The first-order valence-electron chi connectivity index (χ1n) is 2.30. The standard InChI is InChI=1S/C5H7N3/c6-8-4-5-2-1-3-7-5/h1-4,7H,6H2/b8-4+. The Morgan fingerprint density at radius 2 is 2.62 bits per heavy atom. The Bertz CT molecular complexity index is 164. The second-order valence-electron chi connectivity index (χ2n) is 1.40. The van der Waals surface area contributed by atoms with Crippen molar-refractivity contribution in [2.45, 2.75) is 0 Å². The van der Waals surface area contributed by atoms with Crippen LogP contribution in [0.25, 0.3) is 0 Å². The molecule has 0 fully saturated rings. The van der Waals surface area contributed by atoms with Crippen LogP contribution in [-0.2, 0) is 0 Å². The van der Waals surface area contributed by atoms with Crippen LogP contribution in [0.1, 0.15) is 5.69 Å². The maximum absolute atomic E-state index is 4.87. The predicted octanol–water partition coefficient (Wildman–Crippen LogP) is 0.307. The molecule has 1 aromatic heterocycles. The molecular weight excluding hydrogens is 102 g/mol. The van der Waals surface area contributed by atoms with Gasteiger partial charge in [-0.05, 0) is 12.1 Å². The number of nitrogens with one attached hydrogen (secondary N) is 1. The molecule has 1 rings (SSSR count). The van der Waals surface area contributed by atoms with Crippen LogP contribution in [0.2, 0.25) is 0 Å². The van der Waals surface area contributed by atoms with Gasteiger partial charge >= 0.3 is 0 Å². The van der Waals surface area contributed by atoms with Crippen molar-refractivity contribution in [3.8, 4) is 0 Å². The van der Waals surface area contributed by atoms with Crippen molar-refractivity contribution in [3.63, 3.8) is 0 Å². The van der Waals surface area contributed by atoms with Crippen LogP contribution in [-0.4, -0.2) is 11.2 Å². The minimum absolute atomic E-state index is 0.924. The lowest BCUT2D eigenvalue weighted by Crippen LogP contribution is -1.84. The molecule has 0 saturated heterocycles. The Balaban J connectivity index is 2.77. The van der Waals surface area contributed by atoms with Gasteiger partial charge in [0.25, 0.3) is 0 Å². The van der Waals surface area contributed by atoms with Crippen LogP contribution in [0.15, 0.2) is 23.4 Å². The summed E-state index contributed by atoms with van der Waals surface area (Å²) in [5.41, 5.74) is 0.924. The number of aromatic nitrogens is 1. The topological polar surface area (TPSA) is 54.2 Å². The number of hydrogen-bond donors (Lipinski definition) is 2. The number of nitrogens with zero attached hydrogens (tertiary/aromatic N) is 1. The molecule has 8 heavy (non-hydrogen) atoms. The largest absolute Gasteiger partial charge is 0.360 e. The number of hydrogen-bond acceptors (Lipinski definition) is 2. The fraction of sp³-hybridized carbons (Fsp3) is 0. The summed E-state index contributed by atoms with van der Waals surface area (Å²) < 4.78 is 0. The third-order valence-corrected chi connectivity index (χ3v) is 0.836. The normalized spacial score (nSPS) is 10.5. The van der Waals surface area contributed by atoms with Crippen molar-refractivity contribution < 1.29 is 0 Å². The molecule has 0 saturated carbocycles. The summed E-state index contributed by atoms with van der Waals surface area (Å²) in [5.74, 6) is 4.87. The van der Waals surface area contributed by atoms with E-state index in [2.05, 4.69) is 10.1 Å². The summed E-state index contributed by atoms with van der Waals surface area (Å²) in [6.07, 6.45) is 3.37. The first-order valence-corrected chi connectivity index (χ1v) is 2.30. The molecule has 0 radical (unpaired) electrons. The van der Waals surface area contributed by atoms with Gasteiger partial charge in [-0.15, -0.1) is 0 Å². The monoisotopic (exact) mass is 109 g/mol. The lowest BCUT2D eigenvalue weighted by molar-refractivity contribution is 1.25. The Kier molecular flexibility index (Phi) is 1.32. The number of H-pyrrole nitrogens is 1. The van der Waals surface area contributed by atoms with Crippen molar-refractivity contribution in [2.24, 2.45) is 10.9 Å². The minimum atomic E-state index is 0.924. The van der Waals surface area contributed by atoms with Crippen molar-refractivity contribution >= 4 is 6.21 Å². The summed E-state index contributed by atoms with van der Waals surface area (Å²) in [6.45, 7) is 0. The van der Waals surface area contributed by atoms with Gasteiger partial charge in [0.2, 0.25) is 0 Å². The molecule has 1 heterocycles. The van der Waals surface area contributed by atoms with Gasteiger partial charge in [-0.3, -0.25) is 0 Å². The van der Waals surface area contributed by atoms with Gasteiger partial charge in [-0.25, -0.2) is 0 Å². The van der Waals surface area contributed by atoms with Gasteiger partial charge in [0.05, 0.1) is 11.9 Å². The maximum Gasteiger partial charge on any atom is 0.0700 e. The molecule has 0 aliphatic rings. The zero-order valence-corrected chi connectivity index (χ0v) is 4.33. The van der Waals surface area contributed by atoms with Gasteiger partial charge in [0, 0.05) is 6.20 Å². The van der Waals surface area contributed by atoms with Gasteiger partial charge < -0.3 is 10.8 Å². The summed E-state index contributed by atoms with van der Waals surface area (Å²) in [4.78, 5) is 2.91. The molecule has 1 aromatic rings. The van der Waals surface area contributed by atoms with Gasteiger partial charge in [-0.1, -0.05) is 0 Å². The zero-order valence-electron chi connectivity index (χ0n) is 4.33. The van der Waals surface area contributed by atoms with Crippen molar-refractivity contribution in [2.75, 3.05) is 0 Å². The number of nitrogens with two attached hydrogens (primary N) is 1. The summed E-state index contributed by atoms with van der Waals surface area (Å²) in [5, 5.41) is 3.32. The number of hydrazone groups is 1. The van der Waals surface area contributed by atoms with E-state index < -0.39 is 0 Å². The molecule has 3 nitrogen and oxygen atoms in total. The molecule has 0 spiro atoms. The number of rotatable bonds is 1. The van der Waals surface area contributed by atoms with Gasteiger partial charge in [0.1, 0.15) is 0 Å². The Morgan fingerprint density at radius 3 is 3.12 bits per heavy atom. The highest BCUT2D eigenvalue weighted by Crippen LogP contribution is 1.86. The van der Waals surface area contributed by atoms with Gasteiger partial charge in [0.15, 0.2) is 0 Å². The molecule has 3 N–H and O–H groups in total. The van der Waals surface area contributed by atoms with E-state index in [0.29, 0.717) is 0 Å². The van der Waals surface area contributed by atoms with E-state index in [1.54, 1.807) is 6.21 Å². The molecule has 0 aliphatic heterocycles. The lowest BCUT2D eigenvalue weighted by Gasteiger charge is -1.77. The van der Waals surface area contributed by atoms with Crippen LogP contribution in [0, 0.1) is 0 Å². The van der Waals surface area contributed by atoms with E-state index in [9.17, 15) is 0 Å². The van der Waals surface area contributed by atoms with E-state index in [1.807, 2.05) is 18.3 Å². The quantitative estimate of drug-likeness (QED) is 0.304. The Hall–Kier alpha value is -1.25. The smallest absolute Gasteiger partial charge is 0.0700 e. The second kappa shape index (κ2) is 2.16. The zero-order chi connectivity index (χ0) is 5.82. The van der Waals surface area contributed by atoms with Crippen LogP contribution in [0.5, 0.6) is 0 Å². The highest BCUT2D eigenvalue weighted by molar-refractivity contribution is 5.76. The molecule has 0 bridgehead atoms. The Labute approximate surface area is 47.2 Å². The predicted molar refractivity (Wildman–Crippen MR) is 32.6 cm³/mol. The third-order valence-electron chi connectivity index (χ3n) is 0.836. The lowest BCUT2D eigenvalue weighted by atomic mass is 10.5. The van der Waals surface area contributed by atoms with Crippen molar-refractivity contribution in [1.82, 2.24) is 4.98 Å². The SMILES string of the molecule is N/N=C/c1ccc[nH]1. The van der Waals surface area contributed by atoms with Gasteiger partial charge in [-0.2, -0.15) is 5.10 Å². The molecule has 0 atom stereocenters. The van der Waals surface area contributed by atoms with E-state index >= 15 is 0 Å². The molecule has 0 amide bonds. The fourth-order valence-corrected chi connectivity index (χ4v) is 0.505. The minimum Gasteiger partial charge on any atom is -0.360 e. The number of aromatic amines is 1. The summed E-state index contributed by atoms with van der Waals surface area (Å²) in [6, 6.07) is 3.77. The average molecular weight is 109 g/mol. The third kappa shape index (κ3) is 0.872. The molecule has 0 aromatic carbocycles. The van der Waals surface area contributed by atoms with Crippen LogP contribution < -0.4 is 5.84 Å². The van der Waals surface area contributed by atoms with Crippen LogP contribution in [0.4, 0.5) is 0 Å². The molecule has 42 valence electrons.